The van der Waals surface area contributed by atoms with E-state index in [1.165, 1.54) is 11.3 Å². The van der Waals surface area contributed by atoms with Gasteiger partial charge in [-0.3, -0.25) is 4.79 Å². The second kappa shape index (κ2) is 8.29. The Morgan fingerprint density at radius 3 is 2.77 bits per heavy atom. The number of hydrogen-bond acceptors (Lipinski definition) is 5. The molecule has 6 heteroatoms. The number of nitrogens with zero attached hydrogens (tertiary/aromatic N) is 2. The van der Waals surface area contributed by atoms with Gasteiger partial charge in [-0.05, 0) is 24.6 Å². The summed E-state index contributed by atoms with van der Waals surface area (Å²) in [4.78, 5) is 13.3. The standard InChI is InChI=1S/C24H23N3O2S/c1-4-5-6-9-16-12-13-18-20(14-16)29-19-11-8-7-10-17(19)21(18)24(2,3)22(28)26-23-27-25-15-30-23/h7-8,10-15,21H,4-5H2,1-3H3,(H,26,27,28)/t21-/m0/s1. The molecule has 0 spiro atoms. The maximum Gasteiger partial charge on any atom is 0.232 e. The Morgan fingerprint density at radius 2 is 2.00 bits per heavy atom. The van der Waals surface area contributed by atoms with Crippen molar-refractivity contribution in [3.63, 3.8) is 0 Å². The Balaban J connectivity index is 1.76. The molecule has 0 saturated carbocycles. The summed E-state index contributed by atoms with van der Waals surface area (Å²) in [5.41, 5.74) is 3.73. The Hall–Kier alpha value is -3.17. The predicted octanol–water partition coefficient (Wildman–Crippen LogP) is 5.59. The minimum Gasteiger partial charge on any atom is -0.457 e. The lowest BCUT2D eigenvalue weighted by Gasteiger charge is -2.38. The number of benzene rings is 2. The van der Waals surface area contributed by atoms with Gasteiger partial charge < -0.3 is 10.1 Å². The van der Waals surface area contributed by atoms with E-state index in [-0.39, 0.29) is 11.8 Å². The average molecular weight is 418 g/mol. The lowest BCUT2D eigenvalue weighted by Crippen LogP contribution is -2.38. The first-order chi connectivity index (χ1) is 14.5. The van der Waals surface area contributed by atoms with E-state index in [0.717, 1.165) is 41.0 Å². The highest BCUT2D eigenvalue weighted by atomic mass is 32.1. The molecule has 0 fully saturated rings. The number of anilines is 1. The monoisotopic (exact) mass is 417 g/mol. The van der Waals surface area contributed by atoms with E-state index in [9.17, 15) is 4.79 Å². The minimum absolute atomic E-state index is 0.112. The summed E-state index contributed by atoms with van der Waals surface area (Å²) in [7, 11) is 0. The van der Waals surface area contributed by atoms with Crippen molar-refractivity contribution >= 4 is 22.4 Å². The highest BCUT2D eigenvalue weighted by molar-refractivity contribution is 7.13. The number of ether oxygens (including phenoxy) is 1. The van der Waals surface area contributed by atoms with Gasteiger partial charge >= 0.3 is 0 Å². The fraction of sp³-hybridized carbons (Fsp3) is 0.292. The van der Waals surface area contributed by atoms with Gasteiger partial charge in [-0.25, -0.2) is 0 Å². The lowest BCUT2D eigenvalue weighted by atomic mass is 9.69. The molecule has 30 heavy (non-hydrogen) atoms. The van der Waals surface area contributed by atoms with Crippen LogP contribution in [0.5, 0.6) is 11.5 Å². The number of rotatable bonds is 4. The molecular weight excluding hydrogens is 394 g/mol. The summed E-state index contributed by atoms with van der Waals surface area (Å²) in [5, 5.41) is 11.2. The second-order valence-electron chi connectivity index (χ2n) is 7.80. The molecule has 0 saturated heterocycles. The third-order valence-electron chi connectivity index (χ3n) is 5.27. The maximum absolute atomic E-state index is 13.3. The molecule has 2 aromatic carbocycles. The summed E-state index contributed by atoms with van der Waals surface area (Å²) in [5.74, 6) is 7.61. The van der Waals surface area contributed by atoms with Gasteiger partial charge in [-0.15, -0.1) is 10.2 Å². The molecule has 1 amide bonds. The SMILES string of the molecule is CCCC#Cc1ccc2c(c1)Oc1ccccc1[C@@H]2C(C)(C)C(=O)Nc1nncs1. The van der Waals surface area contributed by atoms with Crippen molar-refractivity contribution in [2.45, 2.75) is 39.5 Å². The zero-order valence-electron chi connectivity index (χ0n) is 17.2. The van der Waals surface area contributed by atoms with Crippen molar-refractivity contribution in [3.8, 4) is 23.3 Å². The molecule has 0 radical (unpaired) electrons. The lowest BCUT2D eigenvalue weighted by molar-refractivity contribution is -0.124. The van der Waals surface area contributed by atoms with E-state index >= 15 is 0 Å². The van der Waals surface area contributed by atoms with Crippen LogP contribution in [0, 0.1) is 17.3 Å². The molecule has 1 aromatic heterocycles. The Labute approximate surface area is 180 Å². The van der Waals surface area contributed by atoms with Crippen LogP contribution in [0.4, 0.5) is 5.13 Å². The van der Waals surface area contributed by atoms with E-state index < -0.39 is 5.41 Å². The van der Waals surface area contributed by atoms with E-state index in [4.69, 9.17) is 4.74 Å². The van der Waals surface area contributed by atoms with Crippen LogP contribution < -0.4 is 10.1 Å². The number of carbonyl (C=O) groups excluding carboxylic acids is 1. The number of para-hydroxylation sites is 1. The number of fused-ring (bicyclic) bond motifs is 2. The fourth-order valence-electron chi connectivity index (χ4n) is 3.72. The van der Waals surface area contributed by atoms with Gasteiger partial charge in [0.15, 0.2) is 0 Å². The van der Waals surface area contributed by atoms with Crippen LogP contribution in [0.2, 0.25) is 0 Å². The second-order valence-corrected chi connectivity index (χ2v) is 8.63. The highest BCUT2D eigenvalue weighted by Crippen LogP contribution is 2.52. The molecule has 3 aromatic rings. The third kappa shape index (κ3) is 3.81. The molecule has 0 aliphatic carbocycles. The molecule has 1 aliphatic heterocycles. The van der Waals surface area contributed by atoms with Crippen LogP contribution in [0.3, 0.4) is 0 Å². The van der Waals surface area contributed by atoms with Crippen molar-refractivity contribution in [2.24, 2.45) is 5.41 Å². The fourth-order valence-corrected chi connectivity index (χ4v) is 4.16. The van der Waals surface area contributed by atoms with Crippen LogP contribution in [0.15, 0.2) is 48.0 Å². The quantitative estimate of drug-likeness (QED) is 0.562. The van der Waals surface area contributed by atoms with Crippen molar-refractivity contribution in [1.82, 2.24) is 10.2 Å². The van der Waals surface area contributed by atoms with Crippen LogP contribution in [-0.2, 0) is 4.79 Å². The first-order valence-electron chi connectivity index (χ1n) is 9.98. The van der Waals surface area contributed by atoms with Gasteiger partial charge in [0.25, 0.3) is 0 Å². The number of carbonyl (C=O) groups is 1. The van der Waals surface area contributed by atoms with Gasteiger partial charge in [0.2, 0.25) is 11.0 Å². The van der Waals surface area contributed by atoms with E-state index in [2.05, 4.69) is 34.3 Å². The van der Waals surface area contributed by atoms with Crippen molar-refractivity contribution in [2.75, 3.05) is 5.32 Å². The van der Waals surface area contributed by atoms with Gasteiger partial charge in [0.05, 0.1) is 5.41 Å². The number of hydrogen-bond donors (Lipinski definition) is 1. The largest absolute Gasteiger partial charge is 0.457 e. The summed E-state index contributed by atoms with van der Waals surface area (Å²) in [6, 6.07) is 13.9. The molecule has 1 N–H and O–H groups in total. The summed E-state index contributed by atoms with van der Waals surface area (Å²) < 4.78 is 6.22. The number of nitrogens with one attached hydrogen (secondary N) is 1. The maximum atomic E-state index is 13.3. The van der Waals surface area contributed by atoms with Crippen molar-refractivity contribution < 1.29 is 9.53 Å². The van der Waals surface area contributed by atoms with Gasteiger partial charge in [-0.2, -0.15) is 0 Å². The zero-order chi connectivity index (χ0) is 21.1. The molecule has 5 nitrogen and oxygen atoms in total. The van der Waals surface area contributed by atoms with Crippen LogP contribution >= 0.6 is 11.3 Å². The summed E-state index contributed by atoms with van der Waals surface area (Å²) in [6.45, 7) is 6.02. The number of amides is 1. The third-order valence-corrected chi connectivity index (χ3v) is 5.88. The minimum atomic E-state index is -0.754. The summed E-state index contributed by atoms with van der Waals surface area (Å²) in [6.07, 6.45) is 1.89. The van der Waals surface area contributed by atoms with Gasteiger partial charge in [0, 0.05) is 29.0 Å². The molecule has 1 atom stereocenters. The average Bonchev–Trinajstić information content (AvgIpc) is 3.25. The molecule has 4 rings (SSSR count). The van der Waals surface area contributed by atoms with E-state index in [1.54, 1.807) is 5.51 Å². The molecule has 0 bridgehead atoms. The van der Waals surface area contributed by atoms with Gasteiger partial charge in [-0.1, -0.05) is 68.2 Å². The van der Waals surface area contributed by atoms with Crippen molar-refractivity contribution in [3.05, 3.63) is 64.7 Å². The van der Waals surface area contributed by atoms with Gasteiger partial charge in [0.1, 0.15) is 17.0 Å². The van der Waals surface area contributed by atoms with E-state index in [0.29, 0.717) is 5.13 Å². The van der Waals surface area contributed by atoms with Crippen LogP contribution in [0.1, 0.15) is 56.2 Å². The number of unbranched alkanes of at least 4 members (excludes halogenated alkanes) is 1. The Bertz CT molecular complexity index is 1130. The van der Waals surface area contributed by atoms with Crippen molar-refractivity contribution in [1.29, 1.82) is 0 Å². The van der Waals surface area contributed by atoms with E-state index in [1.807, 2.05) is 56.3 Å². The molecule has 2 heterocycles. The topological polar surface area (TPSA) is 64.1 Å². The normalized spacial score (nSPS) is 14.6. The molecule has 1 aliphatic rings. The Morgan fingerprint density at radius 1 is 1.20 bits per heavy atom. The smallest absolute Gasteiger partial charge is 0.232 e. The highest BCUT2D eigenvalue weighted by Gasteiger charge is 2.43. The van der Waals surface area contributed by atoms with Crippen LogP contribution in [-0.4, -0.2) is 16.1 Å². The molecule has 0 unspecified atom stereocenters. The predicted molar refractivity (Wildman–Crippen MR) is 119 cm³/mol. The van der Waals surface area contributed by atoms with Crippen LogP contribution in [0.25, 0.3) is 0 Å². The molecular formula is C24H23N3O2S. The zero-order valence-corrected chi connectivity index (χ0v) is 18.0. The first kappa shape index (κ1) is 20.1. The first-order valence-corrected chi connectivity index (χ1v) is 10.9. The molecule has 152 valence electrons. The summed E-state index contributed by atoms with van der Waals surface area (Å²) >= 11 is 1.30. The number of aromatic nitrogens is 2. The Kier molecular flexibility index (Phi) is 5.56.